The van der Waals surface area contributed by atoms with Gasteiger partial charge in [0.05, 0.1) is 5.57 Å². The Balaban J connectivity index is 2.14. The number of hydrogen-bond acceptors (Lipinski definition) is 5. The number of anilines is 1. The lowest BCUT2D eigenvalue weighted by molar-refractivity contribution is -0.115. The standard InChI is InChI=1S/C16H18ClN5O2/c1-9-13(15(18)24)14(10-5-2-3-6-11(10)17)22-16(19-9)20-12(21-22)7-4-8-23/h2-3,5-6,14,23H,4,7-8H2,1H3,(H2,18,24)(H,19,20,21). The molecule has 2 heterocycles. The predicted octanol–water partition coefficient (Wildman–Crippen LogP) is 1.63. The number of fused-ring (bicyclic) bond motifs is 1. The molecule has 0 saturated carbocycles. The van der Waals surface area contributed by atoms with E-state index in [2.05, 4.69) is 15.4 Å². The molecule has 0 aliphatic carbocycles. The molecule has 1 aromatic carbocycles. The molecule has 1 aliphatic rings. The second kappa shape index (κ2) is 6.62. The molecule has 2 aromatic rings. The van der Waals surface area contributed by atoms with Crippen LogP contribution in [0.4, 0.5) is 5.95 Å². The lowest BCUT2D eigenvalue weighted by atomic mass is 9.95. The molecule has 0 fully saturated rings. The molecule has 0 spiro atoms. The Morgan fingerprint density at radius 3 is 2.88 bits per heavy atom. The number of nitrogens with one attached hydrogen (secondary N) is 1. The van der Waals surface area contributed by atoms with E-state index in [9.17, 15) is 4.79 Å². The van der Waals surface area contributed by atoms with Crippen molar-refractivity contribution in [1.29, 1.82) is 0 Å². The van der Waals surface area contributed by atoms with Crippen LogP contribution in [0, 0.1) is 0 Å². The molecule has 0 saturated heterocycles. The zero-order valence-electron chi connectivity index (χ0n) is 13.2. The Hall–Kier alpha value is -2.38. The van der Waals surface area contributed by atoms with E-state index >= 15 is 0 Å². The third-order valence-corrected chi connectivity index (χ3v) is 4.26. The van der Waals surface area contributed by atoms with Crippen molar-refractivity contribution >= 4 is 23.5 Å². The number of aliphatic hydroxyl groups excluding tert-OH is 1. The SMILES string of the molecule is CC1=C(C(N)=O)C(c2ccccc2Cl)n2nc(CCCO)nc2N1. The van der Waals surface area contributed by atoms with Gasteiger partial charge in [0.25, 0.3) is 0 Å². The van der Waals surface area contributed by atoms with Gasteiger partial charge in [-0.25, -0.2) is 4.68 Å². The molecule has 1 aliphatic heterocycles. The van der Waals surface area contributed by atoms with Crippen molar-refractivity contribution in [3.05, 3.63) is 51.9 Å². The fraction of sp³-hybridized carbons (Fsp3) is 0.312. The molecule has 8 heteroatoms. The Kier molecular flexibility index (Phi) is 4.55. The Bertz CT molecular complexity index is 815. The number of halogens is 1. The minimum atomic E-state index is -0.539. The van der Waals surface area contributed by atoms with E-state index in [1.54, 1.807) is 17.7 Å². The van der Waals surface area contributed by atoms with Gasteiger partial charge in [-0.1, -0.05) is 29.8 Å². The third kappa shape index (κ3) is 2.88. The molecule has 3 rings (SSSR count). The van der Waals surface area contributed by atoms with E-state index < -0.39 is 11.9 Å². The zero-order valence-corrected chi connectivity index (χ0v) is 13.9. The molecular formula is C16H18ClN5O2. The average Bonchev–Trinajstić information content (AvgIpc) is 2.94. The van der Waals surface area contributed by atoms with Gasteiger partial charge in [-0.2, -0.15) is 10.1 Å². The summed E-state index contributed by atoms with van der Waals surface area (Å²) in [5, 5.41) is 17.1. The van der Waals surface area contributed by atoms with Gasteiger partial charge in [0.15, 0.2) is 5.82 Å². The van der Waals surface area contributed by atoms with Crippen LogP contribution in [-0.4, -0.2) is 32.4 Å². The molecule has 4 N–H and O–H groups in total. The van der Waals surface area contributed by atoms with Crippen molar-refractivity contribution in [2.45, 2.75) is 25.8 Å². The number of rotatable bonds is 5. The van der Waals surface area contributed by atoms with Crippen LogP contribution in [-0.2, 0) is 11.2 Å². The smallest absolute Gasteiger partial charge is 0.248 e. The number of primary amides is 1. The van der Waals surface area contributed by atoms with Gasteiger partial charge in [0.2, 0.25) is 11.9 Å². The van der Waals surface area contributed by atoms with Crippen LogP contribution in [0.5, 0.6) is 0 Å². The van der Waals surface area contributed by atoms with Crippen molar-refractivity contribution in [3.8, 4) is 0 Å². The fourth-order valence-electron chi connectivity index (χ4n) is 2.84. The van der Waals surface area contributed by atoms with Gasteiger partial charge in [0, 0.05) is 29.3 Å². The van der Waals surface area contributed by atoms with Crippen molar-refractivity contribution in [1.82, 2.24) is 14.8 Å². The van der Waals surface area contributed by atoms with Crippen LogP contribution in [0.2, 0.25) is 5.02 Å². The number of amides is 1. The predicted molar refractivity (Wildman–Crippen MR) is 90.5 cm³/mol. The van der Waals surface area contributed by atoms with Crippen molar-refractivity contribution < 1.29 is 9.90 Å². The Morgan fingerprint density at radius 1 is 1.46 bits per heavy atom. The summed E-state index contributed by atoms with van der Waals surface area (Å²) in [6, 6.07) is 6.73. The summed E-state index contributed by atoms with van der Waals surface area (Å²) in [6.45, 7) is 1.84. The second-order valence-corrected chi connectivity index (χ2v) is 5.98. The fourth-order valence-corrected chi connectivity index (χ4v) is 3.08. The summed E-state index contributed by atoms with van der Waals surface area (Å²) in [4.78, 5) is 16.5. The molecule has 126 valence electrons. The number of nitrogens with two attached hydrogens (primary N) is 1. The highest BCUT2D eigenvalue weighted by Crippen LogP contribution is 2.37. The van der Waals surface area contributed by atoms with Crippen LogP contribution < -0.4 is 11.1 Å². The first-order valence-electron chi connectivity index (χ1n) is 7.61. The lowest BCUT2D eigenvalue weighted by Crippen LogP contribution is -2.32. The van der Waals surface area contributed by atoms with E-state index in [-0.39, 0.29) is 6.61 Å². The first-order chi connectivity index (χ1) is 11.5. The second-order valence-electron chi connectivity index (χ2n) is 5.58. The van der Waals surface area contributed by atoms with E-state index in [0.717, 1.165) is 5.56 Å². The third-order valence-electron chi connectivity index (χ3n) is 3.92. The van der Waals surface area contributed by atoms with Crippen molar-refractivity contribution in [2.24, 2.45) is 5.73 Å². The zero-order chi connectivity index (χ0) is 17.3. The minimum absolute atomic E-state index is 0.0645. The number of benzene rings is 1. The summed E-state index contributed by atoms with van der Waals surface area (Å²) < 4.78 is 1.63. The molecular weight excluding hydrogens is 330 g/mol. The normalized spacial score (nSPS) is 16.7. The van der Waals surface area contributed by atoms with Gasteiger partial charge in [-0.15, -0.1) is 0 Å². The topological polar surface area (TPSA) is 106 Å². The van der Waals surface area contributed by atoms with Gasteiger partial charge < -0.3 is 16.2 Å². The first kappa shape index (κ1) is 16.5. The Labute approximate surface area is 144 Å². The van der Waals surface area contributed by atoms with Crippen LogP contribution in [0.3, 0.4) is 0 Å². The highest BCUT2D eigenvalue weighted by molar-refractivity contribution is 6.31. The number of carbonyl (C=O) groups is 1. The summed E-state index contributed by atoms with van der Waals surface area (Å²) >= 11 is 6.34. The number of hydrogen-bond donors (Lipinski definition) is 3. The quantitative estimate of drug-likeness (QED) is 0.762. The number of aryl methyl sites for hydroxylation is 1. The monoisotopic (exact) mass is 347 g/mol. The number of aromatic nitrogens is 3. The van der Waals surface area contributed by atoms with Crippen molar-refractivity contribution in [2.75, 3.05) is 11.9 Å². The van der Waals surface area contributed by atoms with E-state index in [1.165, 1.54) is 0 Å². The Morgan fingerprint density at radius 2 is 2.21 bits per heavy atom. The van der Waals surface area contributed by atoms with Crippen molar-refractivity contribution in [3.63, 3.8) is 0 Å². The van der Waals surface area contributed by atoms with Crippen LogP contribution in [0.15, 0.2) is 35.5 Å². The first-order valence-corrected chi connectivity index (χ1v) is 7.99. The average molecular weight is 348 g/mol. The van der Waals surface area contributed by atoms with Crippen LogP contribution >= 0.6 is 11.6 Å². The van der Waals surface area contributed by atoms with Gasteiger partial charge in [-0.3, -0.25) is 4.79 Å². The number of allylic oxidation sites excluding steroid dienone is 1. The summed E-state index contributed by atoms with van der Waals surface area (Å²) in [6.07, 6.45) is 1.10. The van der Waals surface area contributed by atoms with E-state index in [1.807, 2.05) is 18.2 Å². The van der Waals surface area contributed by atoms with Crippen LogP contribution in [0.25, 0.3) is 0 Å². The summed E-state index contributed by atoms with van der Waals surface area (Å²) in [7, 11) is 0. The summed E-state index contributed by atoms with van der Waals surface area (Å²) in [5.74, 6) is 0.570. The number of aliphatic hydroxyl groups is 1. The molecule has 1 aromatic heterocycles. The molecule has 7 nitrogen and oxygen atoms in total. The number of carbonyl (C=O) groups excluding carboxylic acids is 1. The summed E-state index contributed by atoms with van der Waals surface area (Å²) in [5.41, 5.74) is 7.36. The lowest BCUT2D eigenvalue weighted by Gasteiger charge is -2.28. The minimum Gasteiger partial charge on any atom is -0.396 e. The maximum Gasteiger partial charge on any atom is 0.248 e. The van der Waals surface area contributed by atoms with Gasteiger partial charge >= 0.3 is 0 Å². The molecule has 24 heavy (non-hydrogen) atoms. The molecule has 0 bridgehead atoms. The van der Waals surface area contributed by atoms with Gasteiger partial charge in [-0.05, 0) is 19.4 Å². The molecule has 1 atom stereocenters. The molecule has 0 radical (unpaired) electrons. The largest absolute Gasteiger partial charge is 0.396 e. The molecule has 1 amide bonds. The highest BCUT2D eigenvalue weighted by atomic mass is 35.5. The highest BCUT2D eigenvalue weighted by Gasteiger charge is 2.34. The van der Waals surface area contributed by atoms with Crippen LogP contribution in [0.1, 0.15) is 30.8 Å². The maximum absolute atomic E-state index is 12.0. The van der Waals surface area contributed by atoms with E-state index in [4.69, 9.17) is 22.4 Å². The molecule has 1 unspecified atom stereocenters. The van der Waals surface area contributed by atoms with Gasteiger partial charge in [0.1, 0.15) is 6.04 Å². The maximum atomic E-state index is 12.0. The number of nitrogens with zero attached hydrogens (tertiary/aromatic N) is 3. The van der Waals surface area contributed by atoms with E-state index in [0.29, 0.717) is 40.9 Å².